The molecule has 1 aliphatic heterocycles. The number of aromatic amines is 1. The number of likely N-dealkylation sites (tertiary alicyclic amines) is 1. The molecule has 0 aromatic carbocycles. The summed E-state index contributed by atoms with van der Waals surface area (Å²) < 4.78 is 2.51. The van der Waals surface area contributed by atoms with Crippen molar-refractivity contribution in [3.05, 3.63) is 10.6 Å². The van der Waals surface area contributed by atoms with Crippen LogP contribution >= 0.6 is 12.2 Å². The average molecular weight is 228 g/mol. The van der Waals surface area contributed by atoms with E-state index < -0.39 is 0 Å². The number of H-pyrrole nitrogens is 1. The summed E-state index contributed by atoms with van der Waals surface area (Å²) in [5, 5.41) is 15.8. The number of aromatic nitrogens is 3. The number of nitrogens with one attached hydrogen (secondary N) is 1. The zero-order chi connectivity index (χ0) is 10.8. The van der Waals surface area contributed by atoms with Crippen LogP contribution in [0.2, 0.25) is 0 Å². The summed E-state index contributed by atoms with van der Waals surface area (Å²) in [4.78, 5) is 2.31. The topological polar surface area (TPSA) is 57.1 Å². The highest BCUT2D eigenvalue weighted by Gasteiger charge is 2.21. The monoisotopic (exact) mass is 228 g/mol. The van der Waals surface area contributed by atoms with Crippen molar-refractivity contribution in [1.82, 2.24) is 19.7 Å². The smallest absolute Gasteiger partial charge is 0.195 e. The van der Waals surface area contributed by atoms with Crippen LogP contribution in [-0.4, -0.2) is 44.9 Å². The van der Waals surface area contributed by atoms with E-state index in [1.807, 2.05) is 4.57 Å². The molecule has 1 unspecified atom stereocenters. The average Bonchev–Trinajstić information content (AvgIpc) is 2.76. The van der Waals surface area contributed by atoms with Gasteiger partial charge < -0.3 is 14.6 Å². The zero-order valence-electron chi connectivity index (χ0n) is 8.81. The molecule has 0 aliphatic carbocycles. The second-order valence-corrected chi connectivity index (χ2v) is 4.52. The Balaban J connectivity index is 2.10. The van der Waals surface area contributed by atoms with Crippen LogP contribution in [-0.2, 0) is 13.2 Å². The first-order chi connectivity index (χ1) is 7.20. The highest BCUT2D eigenvalue weighted by atomic mass is 32.1. The Bertz CT molecular complexity index is 386. The van der Waals surface area contributed by atoms with E-state index >= 15 is 0 Å². The molecule has 1 aliphatic rings. The summed E-state index contributed by atoms with van der Waals surface area (Å²) in [6.07, 6.45) is 1.19. The minimum absolute atomic E-state index is 0.0598. The lowest BCUT2D eigenvalue weighted by molar-refractivity contribution is 0.260. The van der Waals surface area contributed by atoms with Gasteiger partial charge in [0.05, 0.1) is 0 Å². The van der Waals surface area contributed by atoms with Crippen molar-refractivity contribution in [3.63, 3.8) is 0 Å². The number of rotatable bonds is 3. The van der Waals surface area contributed by atoms with Crippen molar-refractivity contribution in [2.45, 2.75) is 19.6 Å². The van der Waals surface area contributed by atoms with E-state index in [1.165, 1.54) is 6.42 Å². The van der Waals surface area contributed by atoms with Gasteiger partial charge in [-0.15, -0.1) is 0 Å². The minimum Gasteiger partial charge on any atom is -0.388 e. The largest absolute Gasteiger partial charge is 0.388 e. The first kappa shape index (κ1) is 10.8. The number of aliphatic hydroxyl groups is 1. The van der Waals surface area contributed by atoms with E-state index in [-0.39, 0.29) is 6.61 Å². The molecular weight excluding hydrogens is 212 g/mol. The van der Waals surface area contributed by atoms with Gasteiger partial charge in [-0.1, -0.05) is 0 Å². The van der Waals surface area contributed by atoms with Crippen LogP contribution in [0.1, 0.15) is 12.2 Å². The van der Waals surface area contributed by atoms with Gasteiger partial charge in [0.25, 0.3) is 0 Å². The second kappa shape index (κ2) is 4.42. The SMILES string of the molecule is CN1CCC(Cn2c(CO)n[nH]c2=S)C1. The predicted molar refractivity (Wildman–Crippen MR) is 58.9 cm³/mol. The Morgan fingerprint density at radius 2 is 2.47 bits per heavy atom. The molecule has 2 heterocycles. The normalized spacial score (nSPS) is 22.4. The van der Waals surface area contributed by atoms with Crippen LogP contribution in [0.25, 0.3) is 0 Å². The van der Waals surface area contributed by atoms with Crippen LogP contribution in [0, 0.1) is 10.7 Å². The minimum atomic E-state index is -0.0598. The van der Waals surface area contributed by atoms with E-state index in [0.29, 0.717) is 16.5 Å². The van der Waals surface area contributed by atoms with Gasteiger partial charge in [-0.2, -0.15) is 5.10 Å². The van der Waals surface area contributed by atoms with E-state index in [0.717, 1.165) is 19.6 Å². The van der Waals surface area contributed by atoms with Crippen molar-refractivity contribution in [1.29, 1.82) is 0 Å². The summed E-state index contributed by atoms with van der Waals surface area (Å²) in [6.45, 7) is 3.04. The van der Waals surface area contributed by atoms with Gasteiger partial charge in [0, 0.05) is 13.1 Å². The lowest BCUT2D eigenvalue weighted by Crippen LogP contribution is -2.18. The fourth-order valence-electron chi connectivity index (χ4n) is 2.09. The molecule has 2 rings (SSSR count). The lowest BCUT2D eigenvalue weighted by atomic mass is 10.1. The van der Waals surface area contributed by atoms with Gasteiger partial charge in [-0.25, -0.2) is 0 Å². The molecular formula is C9H16N4OS. The Kier molecular flexibility index (Phi) is 3.18. The van der Waals surface area contributed by atoms with Crippen molar-refractivity contribution in [2.75, 3.05) is 20.1 Å². The predicted octanol–water partition coefficient (Wildman–Crippen LogP) is 0.385. The molecule has 6 heteroatoms. The van der Waals surface area contributed by atoms with Gasteiger partial charge in [0.1, 0.15) is 6.61 Å². The molecule has 1 saturated heterocycles. The molecule has 15 heavy (non-hydrogen) atoms. The molecule has 1 atom stereocenters. The van der Waals surface area contributed by atoms with Crippen molar-refractivity contribution < 1.29 is 5.11 Å². The van der Waals surface area contributed by atoms with Gasteiger partial charge >= 0.3 is 0 Å². The molecule has 0 saturated carbocycles. The molecule has 84 valence electrons. The third-order valence-corrected chi connectivity index (χ3v) is 3.22. The van der Waals surface area contributed by atoms with Crippen LogP contribution in [0.3, 0.4) is 0 Å². The van der Waals surface area contributed by atoms with E-state index in [9.17, 15) is 0 Å². The number of nitrogens with zero attached hydrogens (tertiary/aromatic N) is 3. The van der Waals surface area contributed by atoms with Crippen molar-refractivity contribution in [2.24, 2.45) is 5.92 Å². The summed E-state index contributed by atoms with van der Waals surface area (Å²) in [5.41, 5.74) is 0. The third-order valence-electron chi connectivity index (χ3n) is 2.91. The number of hydrogen-bond donors (Lipinski definition) is 2. The molecule has 0 bridgehead atoms. The Labute approximate surface area is 93.7 Å². The van der Waals surface area contributed by atoms with Crippen LogP contribution in [0.15, 0.2) is 0 Å². The Hall–Kier alpha value is -0.720. The molecule has 0 amide bonds. The van der Waals surface area contributed by atoms with Crippen LogP contribution in [0.4, 0.5) is 0 Å². The van der Waals surface area contributed by atoms with Gasteiger partial charge in [-0.05, 0) is 38.1 Å². The van der Waals surface area contributed by atoms with Gasteiger partial charge in [0.15, 0.2) is 10.6 Å². The second-order valence-electron chi connectivity index (χ2n) is 4.13. The maximum atomic E-state index is 9.10. The van der Waals surface area contributed by atoms with E-state index in [2.05, 4.69) is 22.1 Å². The summed E-state index contributed by atoms with van der Waals surface area (Å²) in [6, 6.07) is 0. The first-order valence-electron chi connectivity index (χ1n) is 5.14. The lowest BCUT2D eigenvalue weighted by Gasteiger charge is -2.12. The highest BCUT2D eigenvalue weighted by molar-refractivity contribution is 7.71. The maximum Gasteiger partial charge on any atom is 0.195 e. The quantitative estimate of drug-likeness (QED) is 0.735. The highest BCUT2D eigenvalue weighted by Crippen LogP contribution is 2.17. The van der Waals surface area contributed by atoms with Crippen molar-refractivity contribution >= 4 is 12.2 Å². The molecule has 0 spiro atoms. The summed E-state index contributed by atoms with van der Waals surface area (Å²) in [7, 11) is 2.13. The van der Waals surface area contributed by atoms with Crippen LogP contribution in [0.5, 0.6) is 0 Å². The van der Waals surface area contributed by atoms with E-state index in [4.69, 9.17) is 17.3 Å². The third kappa shape index (κ3) is 2.27. The van der Waals surface area contributed by atoms with Crippen molar-refractivity contribution in [3.8, 4) is 0 Å². The number of aliphatic hydroxyl groups excluding tert-OH is 1. The first-order valence-corrected chi connectivity index (χ1v) is 5.55. The molecule has 1 aromatic heterocycles. The van der Waals surface area contributed by atoms with Gasteiger partial charge in [-0.3, -0.25) is 5.10 Å². The summed E-state index contributed by atoms with van der Waals surface area (Å²) in [5.74, 6) is 1.25. The zero-order valence-corrected chi connectivity index (χ0v) is 9.63. The fourth-order valence-corrected chi connectivity index (χ4v) is 2.32. The Morgan fingerprint density at radius 3 is 3.07 bits per heavy atom. The number of hydrogen-bond acceptors (Lipinski definition) is 4. The molecule has 1 aromatic rings. The summed E-state index contributed by atoms with van der Waals surface area (Å²) >= 11 is 5.12. The molecule has 2 N–H and O–H groups in total. The Morgan fingerprint density at radius 1 is 1.67 bits per heavy atom. The standard InChI is InChI=1S/C9H16N4OS/c1-12-3-2-7(4-12)5-13-8(6-14)10-11-9(13)15/h7,14H,2-6H2,1H3,(H,11,15). The van der Waals surface area contributed by atoms with E-state index in [1.54, 1.807) is 0 Å². The molecule has 0 radical (unpaired) electrons. The molecule has 1 fully saturated rings. The van der Waals surface area contributed by atoms with Gasteiger partial charge in [0.2, 0.25) is 0 Å². The van der Waals surface area contributed by atoms with Crippen LogP contribution < -0.4 is 0 Å². The molecule has 5 nitrogen and oxygen atoms in total. The maximum absolute atomic E-state index is 9.10. The fraction of sp³-hybridized carbons (Fsp3) is 0.778.